The number of hydrogen-bond acceptors (Lipinski definition) is 5. The lowest BCUT2D eigenvalue weighted by molar-refractivity contribution is -0.144. The first-order valence-corrected chi connectivity index (χ1v) is 6.65. The number of methoxy groups -OCH3 is 1. The van der Waals surface area contributed by atoms with Gasteiger partial charge in [-0.15, -0.1) is 0 Å². The van der Waals surface area contributed by atoms with Gasteiger partial charge in [-0.3, -0.25) is 4.79 Å². The molecule has 0 radical (unpaired) electrons. The molecule has 1 aromatic carbocycles. The molecule has 0 aliphatic carbocycles. The van der Waals surface area contributed by atoms with Crippen LogP contribution in [0.15, 0.2) is 18.2 Å². The first-order chi connectivity index (χ1) is 9.65. The molecule has 1 atom stereocenters. The Hall–Kier alpha value is -1.77. The fraction of sp³-hybridized carbons (Fsp3) is 0.429. The van der Waals surface area contributed by atoms with Crippen molar-refractivity contribution in [1.82, 2.24) is 0 Å². The molecule has 1 heterocycles. The summed E-state index contributed by atoms with van der Waals surface area (Å²) in [5.74, 6) is -0.309. The van der Waals surface area contributed by atoms with Gasteiger partial charge in [0.05, 0.1) is 42.5 Å². The molecule has 0 unspecified atom stereocenters. The molecule has 0 spiro atoms. The Labute approximate surface area is 122 Å². The minimum Gasteiger partial charge on any atom is -0.469 e. The summed E-state index contributed by atoms with van der Waals surface area (Å²) in [5, 5.41) is 9.71. The number of hydrogen-bond donors (Lipinski definition) is 0. The van der Waals surface area contributed by atoms with E-state index in [0.717, 1.165) is 0 Å². The van der Waals surface area contributed by atoms with Crippen molar-refractivity contribution in [2.45, 2.75) is 12.5 Å². The number of morpholine rings is 1. The molecule has 20 heavy (non-hydrogen) atoms. The second-order valence-corrected chi connectivity index (χ2v) is 4.87. The summed E-state index contributed by atoms with van der Waals surface area (Å²) in [6.07, 6.45) is -0.0571. The number of nitrogens with zero attached hydrogens (tertiary/aromatic N) is 2. The Bertz CT molecular complexity index is 542. The number of rotatable bonds is 3. The molecule has 0 saturated carbocycles. The summed E-state index contributed by atoms with van der Waals surface area (Å²) in [6.45, 7) is 1.63. The normalized spacial score (nSPS) is 18.4. The third-order valence-corrected chi connectivity index (χ3v) is 3.49. The van der Waals surface area contributed by atoms with Gasteiger partial charge in [0.15, 0.2) is 0 Å². The van der Waals surface area contributed by atoms with Gasteiger partial charge in [-0.05, 0) is 12.1 Å². The summed E-state index contributed by atoms with van der Waals surface area (Å²) in [4.78, 5) is 13.3. The zero-order chi connectivity index (χ0) is 14.5. The maximum absolute atomic E-state index is 11.3. The lowest BCUT2D eigenvalue weighted by Crippen LogP contribution is -2.43. The van der Waals surface area contributed by atoms with Crippen LogP contribution in [0, 0.1) is 11.3 Å². The third-order valence-electron chi connectivity index (χ3n) is 3.18. The van der Waals surface area contributed by atoms with Crippen LogP contribution in [0.2, 0.25) is 5.02 Å². The number of anilines is 1. The number of nitriles is 1. The van der Waals surface area contributed by atoms with E-state index in [1.807, 2.05) is 4.90 Å². The Morgan fingerprint density at radius 1 is 1.65 bits per heavy atom. The molecule has 0 bridgehead atoms. The second-order valence-electron chi connectivity index (χ2n) is 4.47. The summed E-state index contributed by atoms with van der Waals surface area (Å²) >= 11 is 6.20. The maximum atomic E-state index is 11.3. The van der Waals surface area contributed by atoms with Crippen molar-refractivity contribution in [3.05, 3.63) is 28.8 Å². The van der Waals surface area contributed by atoms with Crippen molar-refractivity contribution < 1.29 is 14.3 Å². The van der Waals surface area contributed by atoms with Crippen molar-refractivity contribution in [3.8, 4) is 6.07 Å². The molecule has 6 heteroatoms. The lowest BCUT2D eigenvalue weighted by Gasteiger charge is -2.35. The number of carbonyl (C=O) groups excluding carboxylic acids is 1. The summed E-state index contributed by atoms with van der Waals surface area (Å²) in [5.41, 5.74) is 1.23. The highest BCUT2D eigenvalue weighted by molar-refractivity contribution is 6.33. The predicted octanol–water partition coefficient (Wildman–Crippen LogP) is 1.98. The molecule has 1 fully saturated rings. The van der Waals surface area contributed by atoms with Gasteiger partial charge in [0, 0.05) is 13.1 Å². The van der Waals surface area contributed by atoms with Crippen LogP contribution in [0.1, 0.15) is 12.0 Å². The van der Waals surface area contributed by atoms with Crippen LogP contribution in [0.4, 0.5) is 5.69 Å². The smallest absolute Gasteiger partial charge is 0.308 e. The van der Waals surface area contributed by atoms with Crippen molar-refractivity contribution >= 4 is 23.3 Å². The molecule has 0 amide bonds. The van der Waals surface area contributed by atoms with Gasteiger partial charge < -0.3 is 14.4 Å². The molecule has 1 saturated heterocycles. The van der Waals surface area contributed by atoms with Crippen LogP contribution in [-0.2, 0) is 14.3 Å². The molecule has 2 rings (SSSR count). The predicted molar refractivity (Wildman–Crippen MR) is 74.8 cm³/mol. The molecule has 0 N–H and O–H groups in total. The Morgan fingerprint density at radius 3 is 3.15 bits per heavy atom. The van der Waals surface area contributed by atoms with Gasteiger partial charge in [0.1, 0.15) is 6.07 Å². The van der Waals surface area contributed by atoms with E-state index in [0.29, 0.717) is 36.0 Å². The van der Waals surface area contributed by atoms with Crippen LogP contribution in [0.3, 0.4) is 0 Å². The Kier molecular flexibility index (Phi) is 4.83. The quantitative estimate of drug-likeness (QED) is 0.798. The van der Waals surface area contributed by atoms with E-state index in [4.69, 9.17) is 16.3 Å². The third kappa shape index (κ3) is 3.21. The second kappa shape index (κ2) is 6.60. The Balaban J connectivity index is 2.17. The number of benzene rings is 1. The molecule has 1 aromatic rings. The van der Waals surface area contributed by atoms with Crippen molar-refractivity contribution in [2.24, 2.45) is 0 Å². The topological polar surface area (TPSA) is 62.6 Å². The van der Waals surface area contributed by atoms with Crippen molar-refractivity contribution in [1.29, 1.82) is 5.26 Å². The monoisotopic (exact) mass is 294 g/mol. The van der Waals surface area contributed by atoms with Gasteiger partial charge >= 0.3 is 5.97 Å². The van der Waals surface area contributed by atoms with Gasteiger partial charge in [-0.1, -0.05) is 17.7 Å². The fourth-order valence-corrected chi connectivity index (χ4v) is 2.54. The molecule has 5 nitrogen and oxygen atoms in total. The average molecular weight is 295 g/mol. The van der Waals surface area contributed by atoms with E-state index in [-0.39, 0.29) is 18.5 Å². The van der Waals surface area contributed by atoms with E-state index in [1.54, 1.807) is 18.2 Å². The molecule has 0 aromatic heterocycles. The number of esters is 1. The average Bonchev–Trinajstić information content (AvgIpc) is 2.47. The number of halogens is 1. The van der Waals surface area contributed by atoms with E-state index in [1.165, 1.54) is 7.11 Å². The zero-order valence-corrected chi connectivity index (χ0v) is 11.9. The van der Waals surface area contributed by atoms with Crippen molar-refractivity contribution in [3.63, 3.8) is 0 Å². The molecule has 1 aliphatic heterocycles. The van der Waals surface area contributed by atoms with Crippen LogP contribution >= 0.6 is 11.6 Å². The zero-order valence-electron chi connectivity index (χ0n) is 11.1. The summed E-state index contributed by atoms with van der Waals surface area (Å²) < 4.78 is 10.2. The molecule has 106 valence electrons. The van der Waals surface area contributed by atoms with Crippen LogP contribution < -0.4 is 4.90 Å². The van der Waals surface area contributed by atoms with Crippen molar-refractivity contribution in [2.75, 3.05) is 31.7 Å². The standard InChI is InChI=1S/C14H15ClN2O3/c1-19-13(18)7-11-9-17(5-6-20-11)14-10(8-16)3-2-4-12(14)15/h2-4,11H,5-7,9H2,1H3/t11-/m0/s1. The minimum atomic E-state index is -0.309. The first-order valence-electron chi connectivity index (χ1n) is 6.27. The van der Waals surface area contributed by atoms with Crippen LogP contribution in [0.25, 0.3) is 0 Å². The van der Waals surface area contributed by atoms with E-state index in [2.05, 4.69) is 10.8 Å². The summed E-state index contributed by atoms with van der Waals surface area (Å²) in [6, 6.07) is 7.37. The maximum Gasteiger partial charge on any atom is 0.308 e. The highest BCUT2D eigenvalue weighted by Crippen LogP contribution is 2.31. The number of ether oxygens (including phenoxy) is 2. The Morgan fingerprint density at radius 2 is 2.45 bits per heavy atom. The van der Waals surface area contributed by atoms with Gasteiger partial charge in [0.25, 0.3) is 0 Å². The fourth-order valence-electron chi connectivity index (χ4n) is 2.24. The highest BCUT2D eigenvalue weighted by atomic mass is 35.5. The number of para-hydroxylation sites is 1. The molecular weight excluding hydrogens is 280 g/mol. The van der Waals surface area contributed by atoms with Crippen LogP contribution in [0.5, 0.6) is 0 Å². The largest absolute Gasteiger partial charge is 0.469 e. The summed E-state index contributed by atoms with van der Waals surface area (Å²) in [7, 11) is 1.35. The highest BCUT2D eigenvalue weighted by Gasteiger charge is 2.26. The van der Waals surface area contributed by atoms with E-state index >= 15 is 0 Å². The van der Waals surface area contributed by atoms with Gasteiger partial charge in [0.2, 0.25) is 0 Å². The number of carbonyl (C=O) groups is 1. The molecular formula is C14H15ClN2O3. The molecule has 1 aliphatic rings. The lowest BCUT2D eigenvalue weighted by atomic mass is 10.1. The van der Waals surface area contributed by atoms with Crippen LogP contribution in [-0.4, -0.2) is 38.9 Å². The SMILES string of the molecule is COC(=O)C[C@H]1CN(c2c(Cl)cccc2C#N)CCO1. The van der Waals surface area contributed by atoms with E-state index in [9.17, 15) is 10.1 Å². The van der Waals surface area contributed by atoms with Gasteiger partial charge in [-0.2, -0.15) is 5.26 Å². The first kappa shape index (κ1) is 14.6. The van der Waals surface area contributed by atoms with Gasteiger partial charge in [-0.25, -0.2) is 0 Å². The van der Waals surface area contributed by atoms with E-state index < -0.39 is 0 Å². The minimum absolute atomic E-state index is 0.194.